The minimum Gasteiger partial charge on any atom is -0.208 e. The first kappa shape index (κ1) is 29.0. The first-order valence-corrected chi connectivity index (χ1v) is 18.2. The number of hydrogen-bond acceptors (Lipinski definition) is 5. The average molecular weight is 674 g/mol. The van der Waals surface area contributed by atoms with Crippen LogP contribution in [0.3, 0.4) is 0 Å². The van der Waals surface area contributed by atoms with Gasteiger partial charge in [-0.2, -0.15) is 0 Å². The minimum atomic E-state index is 0.656. The molecule has 0 unspecified atom stereocenters. The molecular formula is C45H27N3S2. The van der Waals surface area contributed by atoms with E-state index in [9.17, 15) is 0 Å². The Balaban J connectivity index is 1.02. The van der Waals surface area contributed by atoms with Gasteiger partial charge >= 0.3 is 0 Å². The zero-order valence-electron chi connectivity index (χ0n) is 26.7. The number of benzene rings is 7. The van der Waals surface area contributed by atoms with Gasteiger partial charge in [0.2, 0.25) is 0 Å². The van der Waals surface area contributed by atoms with Crippen molar-refractivity contribution < 1.29 is 0 Å². The van der Waals surface area contributed by atoms with Crippen molar-refractivity contribution in [1.82, 2.24) is 15.0 Å². The van der Waals surface area contributed by atoms with E-state index in [1.165, 1.54) is 57.0 Å². The maximum atomic E-state index is 4.95. The number of rotatable bonds is 5. The molecule has 0 radical (unpaired) electrons. The Hall–Kier alpha value is -6.01. The number of hydrogen-bond donors (Lipinski definition) is 0. The van der Waals surface area contributed by atoms with Gasteiger partial charge in [-0.05, 0) is 58.7 Å². The molecule has 3 nitrogen and oxygen atoms in total. The van der Waals surface area contributed by atoms with Crippen molar-refractivity contribution in [3.8, 4) is 56.4 Å². The van der Waals surface area contributed by atoms with Crippen LogP contribution in [0.25, 0.3) is 96.8 Å². The highest BCUT2D eigenvalue weighted by Gasteiger charge is 2.14. The fourth-order valence-electron chi connectivity index (χ4n) is 6.82. The average Bonchev–Trinajstić information content (AvgIpc) is 3.75. The van der Waals surface area contributed by atoms with E-state index in [0.29, 0.717) is 17.5 Å². The van der Waals surface area contributed by atoms with Gasteiger partial charge in [-0.3, -0.25) is 0 Å². The highest BCUT2D eigenvalue weighted by Crippen LogP contribution is 2.41. The molecule has 7 aromatic carbocycles. The number of thiophene rings is 2. The SMILES string of the molecule is c1ccc(-c2nc(-c3ccccc3)nc(-c3cccc(-c4ccc5c(c4)sc4ccc(-c6ccc7c(c6)sc6ccccc67)cc45)c3)n2)cc1. The molecule has 0 saturated carbocycles. The first-order chi connectivity index (χ1) is 24.7. The quantitative estimate of drug-likeness (QED) is 0.182. The Labute approximate surface area is 296 Å². The molecule has 3 heterocycles. The van der Waals surface area contributed by atoms with E-state index in [0.717, 1.165) is 22.3 Å². The number of fused-ring (bicyclic) bond motifs is 6. The standard InChI is InChI=1S/C45H27N3S2/c1-3-10-28(11-4-1)43-46-44(29-12-5-2-6-13-29)48-45(47-43)34-15-9-14-30(24-34)32-19-22-37-38-25-31(20-23-40(38)50-42(37)26-32)33-18-21-36-35-16-7-8-17-39(35)49-41(36)27-33/h1-27H. The summed E-state index contributed by atoms with van der Waals surface area (Å²) in [6.07, 6.45) is 0. The highest BCUT2D eigenvalue weighted by molar-refractivity contribution is 7.26. The third-order valence-electron chi connectivity index (χ3n) is 9.34. The second-order valence-corrected chi connectivity index (χ2v) is 14.6. The van der Waals surface area contributed by atoms with E-state index < -0.39 is 0 Å². The van der Waals surface area contributed by atoms with Gasteiger partial charge in [-0.1, -0.05) is 127 Å². The normalized spacial score (nSPS) is 11.6. The Morgan fingerprint density at radius 3 is 1.36 bits per heavy atom. The van der Waals surface area contributed by atoms with Crippen LogP contribution in [-0.4, -0.2) is 15.0 Å². The molecule has 0 N–H and O–H groups in total. The van der Waals surface area contributed by atoms with Crippen LogP contribution in [0.15, 0.2) is 164 Å². The molecule has 0 bridgehead atoms. The summed E-state index contributed by atoms with van der Waals surface area (Å²) in [4.78, 5) is 14.8. The van der Waals surface area contributed by atoms with E-state index in [-0.39, 0.29) is 0 Å². The predicted molar refractivity (Wildman–Crippen MR) is 213 cm³/mol. The molecule has 3 aromatic heterocycles. The van der Waals surface area contributed by atoms with Crippen molar-refractivity contribution in [2.75, 3.05) is 0 Å². The topological polar surface area (TPSA) is 38.7 Å². The lowest BCUT2D eigenvalue weighted by molar-refractivity contribution is 1.07. The lowest BCUT2D eigenvalue weighted by Crippen LogP contribution is -2.00. The second kappa shape index (κ2) is 11.8. The Morgan fingerprint density at radius 1 is 0.260 bits per heavy atom. The van der Waals surface area contributed by atoms with E-state index in [2.05, 4.69) is 103 Å². The summed E-state index contributed by atoms with van der Waals surface area (Å²) in [7, 11) is 0. The van der Waals surface area contributed by atoms with Crippen LogP contribution in [-0.2, 0) is 0 Å². The van der Waals surface area contributed by atoms with Crippen LogP contribution in [0.1, 0.15) is 0 Å². The lowest BCUT2D eigenvalue weighted by Gasteiger charge is -2.10. The molecule has 10 rings (SSSR count). The summed E-state index contributed by atoms with van der Waals surface area (Å²) in [6.45, 7) is 0. The van der Waals surface area contributed by atoms with Gasteiger partial charge in [0.1, 0.15) is 0 Å². The molecule has 5 heteroatoms. The van der Waals surface area contributed by atoms with Gasteiger partial charge < -0.3 is 0 Å². The third-order valence-corrected chi connectivity index (χ3v) is 11.6. The zero-order valence-corrected chi connectivity index (χ0v) is 28.4. The molecule has 0 aliphatic carbocycles. The summed E-state index contributed by atoms with van der Waals surface area (Å²) >= 11 is 3.72. The summed E-state index contributed by atoms with van der Waals surface area (Å²) in [5.74, 6) is 1.98. The van der Waals surface area contributed by atoms with Gasteiger partial charge in [-0.15, -0.1) is 22.7 Å². The third kappa shape index (κ3) is 5.07. The Bertz CT molecular complexity index is 2810. The van der Waals surface area contributed by atoms with Crippen molar-refractivity contribution in [1.29, 1.82) is 0 Å². The summed E-state index contributed by atoms with van der Waals surface area (Å²) in [6, 6.07) is 58.0. The van der Waals surface area contributed by atoms with E-state index >= 15 is 0 Å². The molecule has 0 fully saturated rings. The van der Waals surface area contributed by atoms with Crippen LogP contribution >= 0.6 is 22.7 Å². The van der Waals surface area contributed by atoms with Crippen molar-refractivity contribution in [3.63, 3.8) is 0 Å². The summed E-state index contributed by atoms with van der Waals surface area (Å²) < 4.78 is 5.24. The van der Waals surface area contributed by atoms with Crippen molar-refractivity contribution in [2.24, 2.45) is 0 Å². The van der Waals surface area contributed by atoms with Gasteiger partial charge in [0.05, 0.1) is 0 Å². The van der Waals surface area contributed by atoms with Crippen LogP contribution in [0, 0.1) is 0 Å². The first-order valence-electron chi connectivity index (χ1n) is 16.6. The van der Waals surface area contributed by atoms with Gasteiger partial charge in [-0.25, -0.2) is 15.0 Å². The van der Waals surface area contributed by atoms with Crippen molar-refractivity contribution >= 4 is 63.0 Å². The minimum absolute atomic E-state index is 0.656. The fraction of sp³-hybridized carbons (Fsp3) is 0. The second-order valence-electron chi connectivity index (χ2n) is 12.5. The van der Waals surface area contributed by atoms with Crippen LogP contribution < -0.4 is 0 Å². The lowest BCUT2D eigenvalue weighted by atomic mass is 9.99. The molecule has 234 valence electrons. The Morgan fingerprint density at radius 2 is 0.700 bits per heavy atom. The van der Waals surface area contributed by atoms with E-state index in [1.54, 1.807) is 0 Å². The van der Waals surface area contributed by atoms with Gasteiger partial charge in [0, 0.05) is 57.0 Å². The summed E-state index contributed by atoms with van der Waals surface area (Å²) in [5, 5.41) is 5.25. The maximum absolute atomic E-state index is 4.95. The molecule has 0 aliphatic rings. The fourth-order valence-corrected chi connectivity index (χ4v) is 9.09. The molecule has 50 heavy (non-hydrogen) atoms. The number of nitrogens with zero attached hydrogens (tertiary/aromatic N) is 3. The molecule has 0 spiro atoms. The molecule has 0 amide bonds. The molecule has 10 aromatic rings. The maximum Gasteiger partial charge on any atom is 0.164 e. The van der Waals surface area contributed by atoms with Crippen molar-refractivity contribution in [2.45, 2.75) is 0 Å². The molecule has 0 aliphatic heterocycles. The number of aromatic nitrogens is 3. The van der Waals surface area contributed by atoms with Gasteiger partial charge in [0.25, 0.3) is 0 Å². The highest BCUT2D eigenvalue weighted by atomic mass is 32.1. The monoisotopic (exact) mass is 673 g/mol. The van der Waals surface area contributed by atoms with Gasteiger partial charge in [0.15, 0.2) is 17.5 Å². The molecule has 0 atom stereocenters. The molecular weight excluding hydrogens is 647 g/mol. The summed E-state index contributed by atoms with van der Waals surface area (Å²) in [5.41, 5.74) is 7.67. The largest absolute Gasteiger partial charge is 0.208 e. The predicted octanol–water partition coefficient (Wildman–Crippen LogP) is 12.9. The van der Waals surface area contributed by atoms with Crippen molar-refractivity contribution in [3.05, 3.63) is 164 Å². The van der Waals surface area contributed by atoms with Crippen LogP contribution in [0.5, 0.6) is 0 Å². The Kier molecular flexibility index (Phi) is 6.86. The molecule has 0 saturated heterocycles. The smallest absolute Gasteiger partial charge is 0.164 e. The van der Waals surface area contributed by atoms with Crippen LogP contribution in [0.2, 0.25) is 0 Å². The van der Waals surface area contributed by atoms with E-state index in [4.69, 9.17) is 15.0 Å². The zero-order chi connectivity index (χ0) is 33.0. The van der Waals surface area contributed by atoms with E-state index in [1.807, 2.05) is 83.3 Å². The van der Waals surface area contributed by atoms with Crippen LogP contribution in [0.4, 0.5) is 0 Å².